The fraction of sp³-hybridized carbons (Fsp3) is 0. The molecule has 1 nitrogen and oxygen atoms in total. The highest BCUT2D eigenvalue weighted by atomic mass is 14.7. The van der Waals surface area contributed by atoms with E-state index >= 15 is 0 Å². The predicted octanol–water partition coefficient (Wildman–Crippen LogP) is 5.57. The maximum Gasteiger partial charge on any atom is 0.114 e. The van der Waals surface area contributed by atoms with Crippen molar-refractivity contribution in [2.75, 3.05) is 0 Å². The van der Waals surface area contributed by atoms with Crippen LogP contribution in [0.25, 0.3) is 54.1 Å². The summed E-state index contributed by atoms with van der Waals surface area (Å²) in [5.41, 5.74) is 3.19. The first-order valence-electron chi connectivity index (χ1n) is 8.85. The molecule has 0 saturated heterocycles. The standard InChI is InChI=1S/C24H14BN/c25-20-13-19-14-7-1-3-9-16(14)22-18-11-5-6-12-21(18)26-24(22)23(19)17-10-4-2-8-15(17)20/h1-13,26H. The lowest BCUT2D eigenvalue weighted by molar-refractivity contribution is 1.57. The van der Waals surface area contributed by atoms with Crippen molar-refractivity contribution in [2.45, 2.75) is 0 Å². The Morgan fingerprint density at radius 2 is 1.08 bits per heavy atom. The van der Waals surface area contributed by atoms with Crippen LogP contribution in [-0.4, -0.2) is 12.8 Å². The van der Waals surface area contributed by atoms with Crippen LogP contribution in [0, 0.1) is 0 Å². The van der Waals surface area contributed by atoms with Crippen molar-refractivity contribution < 1.29 is 0 Å². The Kier molecular flexibility index (Phi) is 2.63. The number of aromatic amines is 1. The third-order valence-electron chi connectivity index (χ3n) is 5.52. The van der Waals surface area contributed by atoms with E-state index in [0.717, 1.165) is 10.8 Å². The average Bonchev–Trinajstić information content (AvgIpc) is 3.08. The van der Waals surface area contributed by atoms with Crippen LogP contribution in [0.1, 0.15) is 0 Å². The summed E-state index contributed by atoms with van der Waals surface area (Å²) in [6.07, 6.45) is 0. The van der Waals surface area contributed by atoms with Crippen LogP contribution in [0.5, 0.6) is 0 Å². The SMILES string of the molecule is [B]c1cc2c3ccccc3c3c4ccccc4[nH]c3c2c2ccccc12. The lowest BCUT2D eigenvalue weighted by Gasteiger charge is -2.12. The Morgan fingerprint density at radius 1 is 0.538 bits per heavy atom. The molecule has 1 N–H and O–H groups in total. The van der Waals surface area contributed by atoms with E-state index in [2.05, 4.69) is 77.8 Å². The highest BCUT2D eigenvalue weighted by molar-refractivity contribution is 6.44. The lowest BCUT2D eigenvalue weighted by Crippen LogP contribution is -2.04. The highest BCUT2D eigenvalue weighted by Crippen LogP contribution is 2.40. The second kappa shape index (κ2) is 4.89. The molecule has 26 heavy (non-hydrogen) atoms. The van der Waals surface area contributed by atoms with E-state index in [1.54, 1.807) is 0 Å². The van der Waals surface area contributed by atoms with Crippen LogP contribution < -0.4 is 5.46 Å². The van der Waals surface area contributed by atoms with Gasteiger partial charge in [0, 0.05) is 21.7 Å². The van der Waals surface area contributed by atoms with Crippen molar-refractivity contribution in [1.82, 2.24) is 4.98 Å². The van der Waals surface area contributed by atoms with E-state index in [0.29, 0.717) is 0 Å². The molecule has 2 heteroatoms. The molecular weight excluding hydrogens is 313 g/mol. The fourth-order valence-corrected chi connectivity index (χ4v) is 4.43. The molecular formula is C24H14BN. The van der Waals surface area contributed by atoms with Crippen molar-refractivity contribution in [1.29, 1.82) is 0 Å². The summed E-state index contributed by atoms with van der Waals surface area (Å²) < 4.78 is 0. The van der Waals surface area contributed by atoms with Crippen LogP contribution in [0.4, 0.5) is 0 Å². The average molecular weight is 327 g/mol. The summed E-state index contributed by atoms with van der Waals surface area (Å²) in [5, 5.41) is 9.83. The van der Waals surface area contributed by atoms with Crippen LogP contribution in [0.3, 0.4) is 0 Å². The number of para-hydroxylation sites is 1. The molecule has 1 aromatic heterocycles. The van der Waals surface area contributed by atoms with Crippen molar-refractivity contribution in [3.63, 3.8) is 0 Å². The van der Waals surface area contributed by atoms with E-state index in [1.807, 2.05) is 6.07 Å². The predicted molar refractivity (Wildman–Crippen MR) is 114 cm³/mol. The normalized spacial score (nSPS) is 12.0. The monoisotopic (exact) mass is 327 g/mol. The van der Waals surface area contributed by atoms with Gasteiger partial charge >= 0.3 is 0 Å². The van der Waals surface area contributed by atoms with Gasteiger partial charge in [-0.2, -0.15) is 0 Å². The Labute approximate surface area is 151 Å². The minimum absolute atomic E-state index is 0.828. The molecule has 0 bridgehead atoms. The molecule has 2 radical (unpaired) electrons. The molecule has 118 valence electrons. The van der Waals surface area contributed by atoms with Gasteiger partial charge in [-0.1, -0.05) is 78.3 Å². The highest BCUT2D eigenvalue weighted by Gasteiger charge is 2.15. The van der Waals surface area contributed by atoms with Gasteiger partial charge in [0.2, 0.25) is 0 Å². The molecule has 1 heterocycles. The van der Waals surface area contributed by atoms with Gasteiger partial charge in [-0.25, -0.2) is 0 Å². The number of aromatic nitrogens is 1. The lowest BCUT2D eigenvalue weighted by atomic mass is 9.84. The molecule has 6 aromatic rings. The van der Waals surface area contributed by atoms with Crippen LogP contribution in [0.15, 0.2) is 78.9 Å². The van der Waals surface area contributed by atoms with E-state index < -0.39 is 0 Å². The molecule has 6 rings (SSSR count). The summed E-state index contributed by atoms with van der Waals surface area (Å²) in [4.78, 5) is 3.68. The molecule has 0 spiro atoms. The molecule has 0 aliphatic carbocycles. The Balaban J connectivity index is 2.08. The topological polar surface area (TPSA) is 15.8 Å². The Morgan fingerprint density at radius 3 is 1.85 bits per heavy atom. The zero-order valence-electron chi connectivity index (χ0n) is 14.1. The van der Waals surface area contributed by atoms with Gasteiger partial charge in [-0.3, -0.25) is 0 Å². The van der Waals surface area contributed by atoms with Gasteiger partial charge in [0.1, 0.15) is 7.85 Å². The van der Waals surface area contributed by atoms with Gasteiger partial charge in [0.25, 0.3) is 0 Å². The molecule has 0 aliphatic rings. The number of hydrogen-bond acceptors (Lipinski definition) is 0. The van der Waals surface area contributed by atoms with Crippen molar-refractivity contribution >= 4 is 67.4 Å². The summed E-state index contributed by atoms with van der Waals surface area (Å²) in [6.45, 7) is 0. The number of H-pyrrole nitrogens is 1. The minimum atomic E-state index is 0.828. The molecule has 0 unspecified atom stereocenters. The third-order valence-corrected chi connectivity index (χ3v) is 5.52. The number of nitrogens with one attached hydrogen (secondary N) is 1. The van der Waals surface area contributed by atoms with Crippen LogP contribution in [-0.2, 0) is 0 Å². The van der Waals surface area contributed by atoms with E-state index in [1.165, 1.54) is 48.7 Å². The van der Waals surface area contributed by atoms with Crippen molar-refractivity contribution in [3.8, 4) is 0 Å². The maximum absolute atomic E-state index is 6.42. The van der Waals surface area contributed by atoms with Gasteiger partial charge < -0.3 is 4.98 Å². The summed E-state index contributed by atoms with van der Waals surface area (Å²) in [5.74, 6) is 0. The molecule has 0 saturated carbocycles. The van der Waals surface area contributed by atoms with Gasteiger partial charge in [-0.05, 0) is 33.0 Å². The number of fused-ring (bicyclic) bond motifs is 10. The second-order valence-corrected chi connectivity index (χ2v) is 6.90. The van der Waals surface area contributed by atoms with Crippen molar-refractivity contribution in [3.05, 3.63) is 78.9 Å². The molecule has 0 aliphatic heterocycles. The number of hydrogen-bond donors (Lipinski definition) is 1. The second-order valence-electron chi connectivity index (χ2n) is 6.90. The Hall–Kier alpha value is -3.26. The summed E-state index contributed by atoms with van der Waals surface area (Å²) in [7, 11) is 6.42. The number of rotatable bonds is 0. The van der Waals surface area contributed by atoms with E-state index in [-0.39, 0.29) is 0 Å². The molecule has 0 fully saturated rings. The quantitative estimate of drug-likeness (QED) is 0.277. The van der Waals surface area contributed by atoms with E-state index in [9.17, 15) is 0 Å². The van der Waals surface area contributed by atoms with Crippen LogP contribution in [0.2, 0.25) is 0 Å². The van der Waals surface area contributed by atoms with Crippen molar-refractivity contribution in [2.24, 2.45) is 0 Å². The summed E-state index contributed by atoms with van der Waals surface area (Å²) >= 11 is 0. The zero-order valence-corrected chi connectivity index (χ0v) is 14.1. The van der Waals surface area contributed by atoms with Gasteiger partial charge in [0.05, 0.1) is 5.52 Å². The number of benzene rings is 5. The fourth-order valence-electron chi connectivity index (χ4n) is 4.43. The first kappa shape index (κ1) is 14.0. The first-order valence-corrected chi connectivity index (χ1v) is 8.85. The van der Waals surface area contributed by atoms with E-state index in [4.69, 9.17) is 7.85 Å². The third kappa shape index (κ3) is 1.66. The molecule has 0 atom stereocenters. The molecule has 0 amide bonds. The first-order chi connectivity index (χ1) is 12.8. The smallest absolute Gasteiger partial charge is 0.114 e. The Bertz CT molecular complexity index is 1490. The zero-order chi connectivity index (χ0) is 17.3. The van der Waals surface area contributed by atoms with Crippen LogP contribution >= 0.6 is 0 Å². The maximum atomic E-state index is 6.42. The summed E-state index contributed by atoms with van der Waals surface area (Å²) in [6, 6.07) is 27.7. The largest absolute Gasteiger partial charge is 0.354 e. The van der Waals surface area contributed by atoms with Gasteiger partial charge in [0.15, 0.2) is 0 Å². The minimum Gasteiger partial charge on any atom is -0.354 e. The van der Waals surface area contributed by atoms with Gasteiger partial charge in [-0.15, -0.1) is 0 Å². The molecule has 5 aromatic carbocycles.